The molecule has 3 nitrogen and oxygen atoms in total. The highest BCUT2D eigenvalue weighted by Gasteiger charge is 2.30. The summed E-state index contributed by atoms with van der Waals surface area (Å²) in [5.74, 6) is 0.774. The molecule has 0 saturated heterocycles. The molecule has 2 heterocycles. The van der Waals surface area contributed by atoms with Gasteiger partial charge in [-0.2, -0.15) is 13.2 Å². The largest absolute Gasteiger partial charge is 0.493 e. The molecule has 0 saturated carbocycles. The first-order valence-corrected chi connectivity index (χ1v) is 9.16. The quantitative estimate of drug-likeness (QED) is 0.451. The van der Waals surface area contributed by atoms with E-state index in [1.165, 1.54) is 12.1 Å². The van der Waals surface area contributed by atoms with Crippen molar-refractivity contribution in [2.24, 2.45) is 0 Å². The first kappa shape index (κ1) is 19.1. The molecule has 0 spiro atoms. The number of alkyl halides is 3. The second-order valence-electron chi connectivity index (χ2n) is 6.73. The predicted molar refractivity (Wildman–Crippen MR) is 106 cm³/mol. The van der Waals surface area contributed by atoms with Gasteiger partial charge >= 0.3 is 6.18 Å². The molecule has 0 aliphatic rings. The van der Waals surface area contributed by atoms with Gasteiger partial charge in [-0.15, -0.1) is 0 Å². The fourth-order valence-electron chi connectivity index (χ4n) is 3.22. The van der Waals surface area contributed by atoms with Crippen LogP contribution in [0.3, 0.4) is 0 Å². The zero-order valence-electron chi connectivity index (χ0n) is 15.7. The smallest absolute Gasteiger partial charge is 0.416 e. The second-order valence-corrected chi connectivity index (χ2v) is 6.73. The highest BCUT2D eigenvalue weighted by Crippen LogP contribution is 2.31. The maximum absolute atomic E-state index is 12.7. The van der Waals surface area contributed by atoms with Crippen LogP contribution in [0.1, 0.15) is 16.8 Å². The van der Waals surface area contributed by atoms with Gasteiger partial charge in [0, 0.05) is 40.8 Å². The molecule has 29 heavy (non-hydrogen) atoms. The molecule has 4 aromatic rings. The van der Waals surface area contributed by atoms with Crippen molar-refractivity contribution in [3.05, 3.63) is 83.7 Å². The number of rotatable bonds is 5. The third kappa shape index (κ3) is 4.11. The molecule has 147 valence electrons. The number of ether oxygens (including phenoxy) is 1. The number of nitrogens with one attached hydrogen (secondary N) is 1. The molecule has 1 radical (unpaired) electrons. The molecule has 0 bridgehead atoms. The summed E-state index contributed by atoms with van der Waals surface area (Å²) in [5.41, 5.74) is 3.47. The lowest BCUT2D eigenvalue weighted by Crippen LogP contribution is -2.05. The van der Waals surface area contributed by atoms with Gasteiger partial charge in [0.25, 0.3) is 0 Å². The Morgan fingerprint density at radius 1 is 1.03 bits per heavy atom. The standard InChI is InChI=1S/C23H18F3N2O/c1-15-16(12-14-29-22-4-2-3-21-19(22)11-13-27-21)7-10-20(28-15)17-5-8-18(9-6-17)23(24,25)26/h2-10,13,27H,12,14H2,1H3. The number of nitrogens with zero attached hydrogens (tertiary/aromatic N) is 1. The van der Waals surface area contributed by atoms with Gasteiger partial charge in [0.1, 0.15) is 5.75 Å². The summed E-state index contributed by atoms with van der Waals surface area (Å²) in [6.07, 6.45) is -1.91. The fourth-order valence-corrected chi connectivity index (χ4v) is 3.22. The molecule has 0 amide bonds. The monoisotopic (exact) mass is 395 g/mol. The van der Waals surface area contributed by atoms with E-state index in [4.69, 9.17) is 4.74 Å². The summed E-state index contributed by atoms with van der Waals surface area (Å²) in [6, 6.07) is 17.7. The van der Waals surface area contributed by atoms with Crippen LogP contribution in [0.25, 0.3) is 22.2 Å². The number of aromatic amines is 1. The van der Waals surface area contributed by atoms with Crippen molar-refractivity contribution in [3.8, 4) is 17.0 Å². The van der Waals surface area contributed by atoms with Crippen LogP contribution >= 0.6 is 0 Å². The van der Waals surface area contributed by atoms with E-state index in [0.29, 0.717) is 24.3 Å². The van der Waals surface area contributed by atoms with Crippen LogP contribution in [0.2, 0.25) is 0 Å². The summed E-state index contributed by atoms with van der Waals surface area (Å²) in [6.45, 7) is 2.38. The Morgan fingerprint density at radius 2 is 1.83 bits per heavy atom. The lowest BCUT2D eigenvalue weighted by Gasteiger charge is -2.11. The van der Waals surface area contributed by atoms with Gasteiger partial charge in [-0.3, -0.25) is 4.98 Å². The van der Waals surface area contributed by atoms with Crippen molar-refractivity contribution in [1.29, 1.82) is 0 Å². The minimum Gasteiger partial charge on any atom is -0.493 e. The fraction of sp³-hybridized carbons (Fsp3) is 0.174. The minimum absolute atomic E-state index is 0.486. The van der Waals surface area contributed by atoms with Crippen molar-refractivity contribution >= 4 is 10.9 Å². The first-order chi connectivity index (χ1) is 13.9. The van der Waals surface area contributed by atoms with E-state index in [0.717, 1.165) is 40.0 Å². The highest BCUT2D eigenvalue weighted by molar-refractivity contribution is 5.85. The first-order valence-electron chi connectivity index (χ1n) is 9.16. The van der Waals surface area contributed by atoms with Crippen molar-refractivity contribution in [2.75, 3.05) is 6.61 Å². The number of pyridine rings is 1. The summed E-state index contributed by atoms with van der Waals surface area (Å²) >= 11 is 0. The van der Waals surface area contributed by atoms with Gasteiger partial charge in [-0.25, -0.2) is 0 Å². The highest BCUT2D eigenvalue weighted by atomic mass is 19.4. The van der Waals surface area contributed by atoms with Gasteiger partial charge in [0.05, 0.1) is 17.9 Å². The van der Waals surface area contributed by atoms with Crippen molar-refractivity contribution in [1.82, 2.24) is 9.97 Å². The topological polar surface area (TPSA) is 37.9 Å². The molecule has 0 aliphatic heterocycles. The second kappa shape index (κ2) is 7.62. The SMILES string of the molecule is Cc1nc(-c2ccc(C(F)(F)F)cc2)ccc1CCOc1cccc2[nH]c[c]c12. The van der Waals surface area contributed by atoms with Gasteiger partial charge in [-0.1, -0.05) is 24.3 Å². The molecular weight excluding hydrogens is 377 g/mol. The summed E-state index contributed by atoms with van der Waals surface area (Å²) in [7, 11) is 0. The molecule has 0 atom stereocenters. The average Bonchev–Trinajstić information content (AvgIpc) is 3.18. The Morgan fingerprint density at radius 3 is 2.55 bits per heavy atom. The lowest BCUT2D eigenvalue weighted by molar-refractivity contribution is -0.137. The van der Waals surface area contributed by atoms with Crippen LogP contribution < -0.4 is 4.74 Å². The van der Waals surface area contributed by atoms with E-state index < -0.39 is 11.7 Å². The maximum atomic E-state index is 12.7. The van der Waals surface area contributed by atoms with Crippen molar-refractivity contribution in [3.63, 3.8) is 0 Å². The molecule has 1 N–H and O–H groups in total. The maximum Gasteiger partial charge on any atom is 0.416 e. The third-order valence-corrected chi connectivity index (χ3v) is 4.80. The molecule has 2 aromatic carbocycles. The number of hydrogen-bond donors (Lipinski definition) is 1. The summed E-state index contributed by atoms with van der Waals surface area (Å²) < 4.78 is 44.1. The third-order valence-electron chi connectivity index (χ3n) is 4.80. The minimum atomic E-state index is -4.34. The summed E-state index contributed by atoms with van der Waals surface area (Å²) in [5, 5.41) is 0.917. The summed E-state index contributed by atoms with van der Waals surface area (Å²) in [4.78, 5) is 7.66. The number of H-pyrrole nitrogens is 1. The predicted octanol–water partition coefficient (Wildman–Crippen LogP) is 5.98. The Bertz CT molecular complexity index is 1130. The molecule has 0 aliphatic carbocycles. The molecule has 0 unspecified atom stereocenters. The van der Waals surface area contributed by atoms with E-state index >= 15 is 0 Å². The molecule has 0 fully saturated rings. The van der Waals surface area contributed by atoms with E-state index in [2.05, 4.69) is 16.0 Å². The Kier molecular flexibility index (Phi) is 5.01. The Hall–Kier alpha value is -3.28. The van der Waals surface area contributed by atoms with Gasteiger partial charge in [0.15, 0.2) is 0 Å². The molecule has 6 heteroatoms. The van der Waals surface area contributed by atoms with Crippen LogP contribution in [0.15, 0.2) is 60.8 Å². The van der Waals surface area contributed by atoms with E-state index in [9.17, 15) is 13.2 Å². The van der Waals surface area contributed by atoms with Gasteiger partial charge < -0.3 is 9.72 Å². The lowest BCUT2D eigenvalue weighted by atomic mass is 10.1. The molecule has 4 rings (SSSR count). The number of fused-ring (bicyclic) bond motifs is 1. The van der Waals surface area contributed by atoms with Crippen LogP contribution in [-0.2, 0) is 12.6 Å². The zero-order chi connectivity index (χ0) is 20.4. The number of halogens is 3. The normalized spacial score (nSPS) is 11.7. The van der Waals surface area contributed by atoms with E-state index in [1.807, 2.05) is 37.3 Å². The zero-order valence-corrected chi connectivity index (χ0v) is 15.7. The van der Waals surface area contributed by atoms with Gasteiger partial charge in [0.2, 0.25) is 0 Å². The molecular formula is C23H18F3N2O. The van der Waals surface area contributed by atoms with Crippen LogP contribution in [0, 0.1) is 13.0 Å². The number of aromatic nitrogens is 2. The van der Waals surface area contributed by atoms with Crippen LogP contribution in [-0.4, -0.2) is 16.6 Å². The average molecular weight is 395 g/mol. The van der Waals surface area contributed by atoms with Crippen molar-refractivity contribution < 1.29 is 17.9 Å². The number of hydrogen-bond acceptors (Lipinski definition) is 2. The number of aryl methyl sites for hydroxylation is 1. The van der Waals surface area contributed by atoms with E-state index in [-0.39, 0.29) is 0 Å². The Balaban J connectivity index is 1.44. The van der Waals surface area contributed by atoms with Gasteiger partial charge in [-0.05, 0) is 42.8 Å². The number of benzene rings is 2. The van der Waals surface area contributed by atoms with Crippen LogP contribution in [0.5, 0.6) is 5.75 Å². The Labute approximate surface area is 166 Å². The van der Waals surface area contributed by atoms with Crippen molar-refractivity contribution in [2.45, 2.75) is 19.5 Å². The van der Waals surface area contributed by atoms with E-state index in [1.54, 1.807) is 6.20 Å². The van der Waals surface area contributed by atoms with Crippen LogP contribution in [0.4, 0.5) is 13.2 Å². The molecule has 2 aromatic heterocycles.